The number of rotatable bonds is 17. The van der Waals surface area contributed by atoms with E-state index in [1.165, 1.54) is 70.6 Å². The molecule has 0 spiro atoms. The van der Waals surface area contributed by atoms with Crippen molar-refractivity contribution in [2.45, 2.75) is 96.8 Å². The van der Waals surface area contributed by atoms with E-state index in [9.17, 15) is 9.46 Å². The van der Waals surface area contributed by atoms with Crippen molar-refractivity contribution in [1.82, 2.24) is 0 Å². The first-order valence-corrected chi connectivity index (χ1v) is 10.9. The summed E-state index contributed by atoms with van der Waals surface area (Å²) in [5.74, 6) is 0. The van der Waals surface area contributed by atoms with Crippen molar-refractivity contribution in [1.29, 1.82) is 0 Å². The Kier molecular flexibility index (Phi) is 24.0. The van der Waals surface area contributed by atoms with Crippen LogP contribution in [-0.2, 0) is 9.09 Å². The average Bonchev–Trinajstić information content (AvgIpc) is 2.49. The van der Waals surface area contributed by atoms with E-state index in [-0.39, 0.29) is 58.0 Å². The third-order valence-corrected chi connectivity index (χ3v) is 4.42. The summed E-state index contributed by atoms with van der Waals surface area (Å²) in [6, 6.07) is 0. The van der Waals surface area contributed by atoms with Gasteiger partial charge in [0.05, 0.1) is 6.61 Å². The molecule has 0 rings (SSSR count). The molecule has 0 saturated carbocycles. The van der Waals surface area contributed by atoms with E-state index in [1.54, 1.807) is 0 Å². The third kappa shape index (κ3) is 25.7. The van der Waals surface area contributed by atoms with Crippen LogP contribution in [0.25, 0.3) is 0 Å². The molecule has 0 aliphatic carbocycles. The van der Waals surface area contributed by atoms with Gasteiger partial charge in [0, 0.05) is 0 Å². The quantitative estimate of drug-likeness (QED) is 0.180. The van der Waals surface area contributed by atoms with Crippen LogP contribution in [0.15, 0.2) is 12.2 Å². The van der Waals surface area contributed by atoms with Gasteiger partial charge in [-0.25, -0.2) is 0 Å². The fourth-order valence-corrected chi connectivity index (χ4v) is 2.89. The maximum absolute atomic E-state index is 10.3. The Morgan fingerprint density at radius 1 is 0.833 bits per heavy atom. The fourth-order valence-electron chi connectivity index (χ4n) is 2.53. The summed E-state index contributed by atoms with van der Waals surface area (Å²) in [7, 11) is -4.51. The predicted octanol–water partition coefficient (Wildman–Crippen LogP) is 2.51. The minimum Gasteiger partial charge on any atom is -0.756 e. The molecule has 6 heteroatoms. The van der Waals surface area contributed by atoms with Gasteiger partial charge >= 0.3 is 51.4 Å². The molecule has 1 unspecified atom stereocenters. The largest absolute Gasteiger partial charge is 1.00 e. The molecule has 0 aromatic carbocycles. The van der Waals surface area contributed by atoms with E-state index < -0.39 is 7.82 Å². The number of phosphoric acid groups is 1. The number of hydrogen-bond donors (Lipinski definition) is 1. The average molecular weight is 387 g/mol. The molecule has 0 fully saturated rings. The SMILES string of the molecule is CCCCCCCC/C=C\CCCCCCCCOP(=O)([O-])O.[K+]. The zero-order valence-electron chi connectivity index (χ0n) is 15.9. The standard InChI is InChI=1S/C18H37O4P.K/c1-2-3-4-5-6-7-8-9-10-11-12-13-14-15-16-17-18-22-23(19,20)21;/h9-10H,2-8,11-18H2,1H3,(H2,19,20,21);/q;+1/p-1/b10-9-;. The van der Waals surface area contributed by atoms with E-state index in [0.29, 0.717) is 6.42 Å². The van der Waals surface area contributed by atoms with Gasteiger partial charge in [0.1, 0.15) is 0 Å². The van der Waals surface area contributed by atoms with Gasteiger partial charge in [-0.1, -0.05) is 76.9 Å². The Morgan fingerprint density at radius 3 is 1.71 bits per heavy atom. The van der Waals surface area contributed by atoms with Crippen LogP contribution in [0, 0.1) is 0 Å². The van der Waals surface area contributed by atoms with E-state index in [1.807, 2.05) is 0 Å². The second-order valence-electron chi connectivity index (χ2n) is 6.24. The first-order chi connectivity index (χ1) is 11.1. The van der Waals surface area contributed by atoms with Crippen molar-refractivity contribution in [3.8, 4) is 0 Å². The Morgan fingerprint density at radius 2 is 1.25 bits per heavy atom. The van der Waals surface area contributed by atoms with Crippen molar-refractivity contribution in [3.05, 3.63) is 12.2 Å². The third-order valence-electron chi connectivity index (χ3n) is 3.91. The Balaban J connectivity index is 0. The van der Waals surface area contributed by atoms with Crippen LogP contribution in [0.5, 0.6) is 0 Å². The topological polar surface area (TPSA) is 69.6 Å². The molecule has 0 aliphatic rings. The molecule has 0 heterocycles. The van der Waals surface area contributed by atoms with Gasteiger partial charge in [0.25, 0.3) is 7.82 Å². The van der Waals surface area contributed by atoms with Gasteiger partial charge in [-0.05, 0) is 32.1 Å². The molecule has 1 atom stereocenters. The first kappa shape index (κ1) is 27.7. The summed E-state index contributed by atoms with van der Waals surface area (Å²) in [5.41, 5.74) is 0. The fraction of sp³-hybridized carbons (Fsp3) is 0.889. The molecule has 24 heavy (non-hydrogen) atoms. The molecule has 0 saturated heterocycles. The summed E-state index contributed by atoms with van der Waals surface area (Å²) >= 11 is 0. The van der Waals surface area contributed by atoms with Crippen LogP contribution in [0.1, 0.15) is 96.8 Å². The van der Waals surface area contributed by atoms with Gasteiger partial charge in [-0.3, -0.25) is 4.57 Å². The van der Waals surface area contributed by atoms with Gasteiger partial charge in [-0.2, -0.15) is 0 Å². The minimum absolute atomic E-state index is 0. The number of allylic oxidation sites excluding steroid dienone is 2. The maximum Gasteiger partial charge on any atom is 1.00 e. The molecule has 0 radical (unpaired) electrons. The van der Waals surface area contributed by atoms with Crippen molar-refractivity contribution in [3.63, 3.8) is 0 Å². The van der Waals surface area contributed by atoms with Crippen molar-refractivity contribution in [2.75, 3.05) is 6.61 Å². The summed E-state index contributed by atoms with van der Waals surface area (Å²) in [4.78, 5) is 18.8. The van der Waals surface area contributed by atoms with Crippen molar-refractivity contribution >= 4 is 7.82 Å². The number of phosphoric ester groups is 1. The molecular formula is C18H36KO4P. The molecule has 1 N–H and O–H groups in total. The van der Waals surface area contributed by atoms with Crippen LogP contribution >= 0.6 is 7.82 Å². The van der Waals surface area contributed by atoms with Crippen LogP contribution < -0.4 is 56.3 Å². The molecule has 0 bridgehead atoms. The van der Waals surface area contributed by atoms with Crippen LogP contribution in [-0.4, -0.2) is 11.5 Å². The smallest absolute Gasteiger partial charge is 0.756 e. The van der Waals surface area contributed by atoms with E-state index in [2.05, 4.69) is 23.6 Å². The van der Waals surface area contributed by atoms with Crippen LogP contribution in [0.3, 0.4) is 0 Å². The van der Waals surface area contributed by atoms with Gasteiger partial charge in [0.15, 0.2) is 0 Å². The van der Waals surface area contributed by atoms with E-state index in [4.69, 9.17) is 4.89 Å². The van der Waals surface area contributed by atoms with Crippen molar-refractivity contribution in [2.24, 2.45) is 0 Å². The maximum atomic E-state index is 10.3. The van der Waals surface area contributed by atoms with Gasteiger partial charge in [0.2, 0.25) is 0 Å². The summed E-state index contributed by atoms with van der Waals surface area (Å²) in [5, 5.41) is 0. The molecule has 0 aliphatic heterocycles. The zero-order valence-corrected chi connectivity index (χ0v) is 19.9. The summed E-state index contributed by atoms with van der Waals surface area (Å²) in [6.07, 6.45) is 21.6. The molecule has 138 valence electrons. The summed E-state index contributed by atoms with van der Waals surface area (Å²) < 4.78 is 14.6. The van der Waals surface area contributed by atoms with Crippen molar-refractivity contribution < 1.29 is 70.3 Å². The Bertz CT molecular complexity index is 318. The monoisotopic (exact) mass is 386 g/mol. The Labute approximate surface area is 191 Å². The zero-order chi connectivity index (χ0) is 17.2. The predicted molar refractivity (Wildman–Crippen MR) is 95.2 cm³/mol. The van der Waals surface area contributed by atoms with Crippen LogP contribution in [0.4, 0.5) is 0 Å². The number of unbranched alkanes of at least 4 members (excludes halogenated alkanes) is 12. The molecule has 0 aromatic rings. The van der Waals surface area contributed by atoms with Gasteiger partial charge in [-0.15, -0.1) is 0 Å². The molecular weight excluding hydrogens is 350 g/mol. The second-order valence-corrected chi connectivity index (χ2v) is 7.43. The number of hydrogen-bond acceptors (Lipinski definition) is 3. The molecule has 0 aromatic heterocycles. The molecule has 4 nitrogen and oxygen atoms in total. The summed E-state index contributed by atoms with van der Waals surface area (Å²) in [6.45, 7) is 2.35. The first-order valence-electron chi connectivity index (χ1n) is 9.39. The minimum atomic E-state index is -4.51. The normalized spacial score (nSPS) is 13.8. The van der Waals surface area contributed by atoms with E-state index >= 15 is 0 Å². The van der Waals surface area contributed by atoms with E-state index in [0.717, 1.165) is 12.8 Å². The van der Waals surface area contributed by atoms with Crippen LogP contribution in [0.2, 0.25) is 0 Å². The second kappa shape index (κ2) is 20.8. The van der Waals surface area contributed by atoms with Gasteiger partial charge < -0.3 is 14.3 Å². The Hall–Kier alpha value is 1.49. The molecule has 0 amide bonds.